The molecule has 2 atom stereocenters. The van der Waals surface area contributed by atoms with Gasteiger partial charge in [-0.1, -0.05) is 6.92 Å². The highest BCUT2D eigenvalue weighted by molar-refractivity contribution is 5.31. The summed E-state index contributed by atoms with van der Waals surface area (Å²) in [5, 5.41) is 3.45. The zero-order chi connectivity index (χ0) is 10.7. The quantitative estimate of drug-likeness (QED) is 0.790. The van der Waals surface area contributed by atoms with Crippen LogP contribution in [-0.2, 0) is 0 Å². The maximum absolute atomic E-state index is 4.24. The fourth-order valence-corrected chi connectivity index (χ4v) is 2.13. The van der Waals surface area contributed by atoms with Gasteiger partial charge in [-0.05, 0) is 25.9 Å². The van der Waals surface area contributed by atoms with Crippen molar-refractivity contribution < 1.29 is 0 Å². The van der Waals surface area contributed by atoms with E-state index in [4.69, 9.17) is 0 Å². The van der Waals surface area contributed by atoms with Crippen LogP contribution in [0.5, 0.6) is 0 Å². The number of hydrogen-bond donors (Lipinski definition) is 1. The smallest absolute Gasteiger partial charge is 0.144 e. The standard InChI is InChI=1S/C11H18N4/c1-9-8-15(2)6-3-10(9)14-11-7-12-4-5-13-11/h4-5,7,9-10H,3,6,8H2,1-2H3,(H,13,14). The predicted octanol–water partition coefficient (Wildman–Crippen LogP) is 1.23. The Kier molecular flexibility index (Phi) is 3.16. The molecule has 0 radical (unpaired) electrons. The molecule has 1 saturated heterocycles. The van der Waals surface area contributed by atoms with Crippen molar-refractivity contribution in [3.8, 4) is 0 Å². The van der Waals surface area contributed by atoms with Crippen molar-refractivity contribution in [1.82, 2.24) is 14.9 Å². The summed E-state index contributed by atoms with van der Waals surface area (Å²) in [5.74, 6) is 1.55. The summed E-state index contributed by atoms with van der Waals surface area (Å²) in [6.07, 6.45) is 6.38. The molecule has 0 spiro atoms. The van der Waals surface area contributed by atoms with Gasteiger partial charge >= 0.3 is 0 Å². The molecule has 1 fully saturated rings. The molecular formula is C11H18N4. The lowest BCUT2D eigenvalue weighted by Gasteiger charge is -2.35. The van der Waals surface area contributed by atoms with Gasteiger partial charge < -0.3 is 10.2 Å². The second kappa shape index (κ2) is 4.57. The lowest BCUT2D eigenvalue weighted by Crippen LogP contribution is -2.43. The summed E-state index contributed by atoms with van der Waals surface area (Å²) in [6, 6.07) is 0.526. The fraction of sp³-hybridized carbons (Fsp3) is 0.636. The van der Waals surface area contributed by atoms with Crippen molar-refractivity contribution in [2.75, 3.05) is 25.5 Å². The zero-order valence-corrected chi connectivity index (χ0v) is 9.35. The average Bonchev–Trinajstić information content (AvgIpc) is 2.24. The summed E-state index contributed by atoms with van der Waals surface area (Å²) in [5.41, 5.74) is 0. The molecule has 4 heteroatoms. The van der Waals surface area contributed by atoms with Crippen LogP contribution in [0.4, 0.5) is 5.82 Å². The molecule has 1 aromatic heterocycles. The molecule has 0 bridgehead atoms. The van der Waals surface area contributed by atoms with E-state index in [0.717, 1.165) is 18.9 Å². The third kappa shape index (κ3) is 2.65. The first-order valence-electron chi connectivity index (χ1n) is 5.47. The minimum Gasteiger partial charge on any atom is -0.366 e. The van der Waals surface area contributed by atoms with E-state index in [1.165, 1.54) is 6.42 Å². The van der Waals surface area contributed by atoms with Gasteiger partial charge in [0.1, 0.15) is 5.82 Å². The molecule has 0 aliphatic carbocycles. The van der Waals surface area contributed by atoms with Crippen LogP contribution in [0.2, 0.25) is 0 Å². The Hall–Kier alpha value is -1.16. The number of likely N-dealkylation sites (tertiary alicyclic amines) is 1. The molecular weight excluding hydrogens is 188 g/mol. The second-order valence-electron chi connectivity index (χ2n) is 4.37. The van der Waals surface area contributed by atoms with Gasteiger partial charge in [-0.25, -0.2) is 4.98 Å². The highest BCUT2D eigenvalue weighted by atomic mass is 15.1. The highest BCUT2D eigenvalue weighted by Gasteiger charge is 2.23. The minimum absolute atomic E-state index is 0.526. The number of anilines is 1. The Morgan fingerprint density at radius 3 is 3.00 bits per heavy atom. The Morgan fingerprint density at radius 2 is 2.33 bits per heavy atom. The minimum atomic E-state index is 0.526. The van der Waals surface area contributed by atoms with Gasteiger partial charge in [0.2, 0.25) is 0 Å². The molecule has 15 heavy (non-hydrogen) atoms. The highest BCUT2D eigenvalue weighted by Crippen LogP contribution is 2.18. The first-order chi connectivity index (χ1) is 7.25. The van der Waals surface area contributed by atoms with Crippen molar-refractivity contribution >= 4 is 5.82 Å². The molecule has 0 amide bonds. The molecule has 2 heterocycles. The molecule has 0 saturated carbocycles. The molecule has 1 aromatic rings. The number of rotatable bonds is 2. The molecule has 1 N–H and O–H groups in total. The van der Waals surface area contributed by atoms with Crippen LogP contribution >= 0.6 is 0 Å². The normalized spacial score (nSPS) is 27.6. The summed E-state index contributed by atoms with van der Waals surface area (Å²) in [7, 11) is 2.18. The average molecular weight is 206 g/mol. The number of hydrogen-bond acceptors (Lipinski definition) is 4. The van der Waals surface area contributed by atoms with E-state index < -0.39 is 0 Å². The van der Waals surface area contributed by atoms with E-state index in [1.54, 1.807) is 18.6 Å². The van der Waals surface area contributed by atoms with Gasteiger partial charge in [0.15, 0.2) is 0 Å². The zero-order valence-electron chi connectivity index (χ0n) is 9.35. The third-order valence-electron chi connectivity index (χ3n) is 3.00. The Labute approximate surface area is 90.7 Å². The molecule has 0 aromatic carbocycles. The number of piperidine rings is 1. The van der Waals surface area contributed by atoms with Crippen LogP contribution in [-0.4, -0.2) is 41.0 Å². The van der Waals surface area contributed by atoms with Crippen LogP contribution in [0.15, 0.2) is 18.6 Å². The van der Waals surface area contributed by atoms with Crippen LogP contribution in [0.3, 0.4) is 0 Å². The van der Waals surface area contributed by atoms with E-state index in [0.29, 0.717) is 12.0 Å². The summed E-state index contributed by atoms with van der Waals surface area (Å²) >= 11 is 0. The first-order valence-corrected chi connectivity index (χ1v) is 5.47. The topological polar surface area (TPSA) is 41.0 Å². The van der Waals surface area contributed by atoms with E-state index in [-0.39, 0.29) is 0 Å². The number of nitrogens with zero attached hydrogens (tertiary/aromatic N) is 3. The van der Waals surface area contributed by atoms with E-state index in [1.807, 2.05) is 0 Å². The van der Waals surface area contributed by atoms with Crippen LogP contribution < -0.4 is 5.32 Å². The first kappa shape index (κ1) is 10.4. The summed E-state index contributed by atoms with van der Waals surface area (Å²) < 4.78 is 0. The monoisotopic (exact) mass is 206 g/mol. The summed E-state index contributed by atoms with van der Waals surface area (Å²) in [4.78, 5) is 10.7. The number of nitrogens with one attached hydrogen (secondary N) is 1. The van der Waals surface area contributed by atoms with Gasteiger partial charge in [-0.15, -0.1) is 0 Å². The Bertz CT molecular complexity index is 301. The molecule has 2 rings (SSSR count). The van der Waals surface area contributed by atoms with E-state index in [2.05, 4.69) is 34.2 Å². The van der Waals surface area contributed by atoms with Crippen molar-refractivity contribution in [3.05, 3.63) is 18.6 Å². The molecule has 2 unspecified atom stereocenters. The van der Waals surface area contributed by atoms with E-state index in [9.17, 15) is 0 Å². The van der Waals surface area contributed by atoms with Crippen molar-refractivity contribution in [1.29, 1.82) is 0 Å². The Morgan fingerprint density at radius 1 is 1.47 bits per heavy atom. The van der Waals surface area contributed by atoms with Crippen molar-refractivity contribution in [3.63, 3.8) is 0 Å². The maximum atomic E-state index is 4.24. The van der Waals surface area contributed by atoms with Gasteiger partial charge in [0.25, 0.3) is 0 Å². The SMILES string of the molecule is CC1CN(C)CCC1Nc1cnccn1. The van der Waals surface area contributed by atoms with Crippen molar-refractivity contribution in [2.45, 2.75) is 19.4 Å². The maximum Gasteiger partial charge on any atom is 0.144 e. The molecule has 4 nitrogen and oxygen atoms in total. The van der Waals surface area contributed by atoms with Crippen LogP contribution in [0.1, 0.15) is 13.3 Å². The second-order valence-corrected chi connectivity index (χ2v) is 4.37. The van der Waals surface area contributed by atoms with Gasteiger partial charge in [0.05, 0.1) is 6.20 Å². The van der Waals surface area contributed by atoms with Crippen molar-refractivity contribution in [2.24, 2.45) is 5.92 Å². The molecule has 1 aliphatic rings. The lowest BCUT2D eigenvalue weighted by atomic mass is 9.94. The fourth-order valence-electron chi connectivity index (χ4n) is 2.13. The van der Waals surface area contributed by atoms with Crippen LogP contribution in [0, 0.1) is 5.92 Å². The van der Waals surface area contributed by atoms with Gasteiger partial charge in [0, 0.05) is 25.0 Å². The largest absolute Gasteiger partial charge is 0.366 e. The third-order valence-corrected chi connectivity index (χ3v) is 3.00. The number of aromatic nitrogens is 2. The van der Waals surface area contributed by atoms with Crippen LogP contribution in [0.25, 0.3) is 0 Å². The lowest BCUT2D eigenvalue weighted by molar-refractivity contribution is 0.206. The molecule has 1 aliphatic heterocycles. The van der Waals surface area contributed by atoms with E-state index >= 15 is 0 Å². The predicted molar refractivity (Wildman–Crippen MR) is 60.7 cm³/mol. The summed E-state index contributed by atoms with van der Waals surface area (Å²) in [6.45, 7) is 4.59. The van der Waals surface area contributed by atoms with Gasteiger partial charge in [-0.3, -0.25) is 4.98 Å². The van der Waals surface area contributed by atoms with Gasteiger partial charge in [-0.2, -0.15) is 0 Å². The Balaban J connectivity index is 1.95. The molecule has 82 valence electrons.